The molecule has 3 nitrogen and oxygen atoms in total. The minimum Gasteiger partial charge on any atom is -0.497 e. The van der Waals surface area contributed by atoms with E-state index in [0.717, 1.165) is 16.9 Å². The molecule has 0 spiro atoms. The molecule has 1 unspecified atom stereocenters. The van der Waals surface area contributed by atoms with Gasteiger partial charge in [-0.1, -0.05) is 30.3 Å². The van der Waals surface area contributed by atoms with Gasteiger partial charge in [0.2, 0.25) is 0 Å². The van der Waals surface area contributed by atoms with E-state index in [9.17, 15) is 0 Å². The van der Waals surface area contributed by atoms with Gasteiger partial charge in [-0.05, 0) is 34.4 Å². The third-order valence-electron chi connectivity index (χ3n) is 3.58. The Morgan fingerprint density at radius 3 is 2.42 bits per heavy atom. The van der Waals surface area contributed by atoms with Crippen molar-refractivity contribution >= 4 is 0 Å². The molecule has 0 radical (unpaired) electrons. The molecule has 2 aromatic carbocycles. The summed E-state index contributed by atoms with van der Waals surface area (Å²) in [6, 6.07) is 14.1. The third kappa shape index (κ3) is 2.35. The molecule has 98 valence electrons. The van der Waals surface area contributed by atoms with Gasteiger partial charge in [-0.3, -0.25) is 0 Å². The summed E-state index contributed by atoms with van der Waals surface area (Å²) in [4.78, 5) is 0. The third-order valence-corrected chi connectivity index (χ3v) is 3.58. The van der Waals surface area contributed by atoms with E-state index in [2.05, 4.69) is 18.2 Å². The Morgan fingerprint density at radius 1 is 1.00 bits per heavy atom. The summed E-state index contributed by atoms with van der Waals surface area (Å²) in [7, 11) is 1.66. The van der Waals surface area contributed by atoms with E-state index < -0.39 is 0 Å². The fourth-order valence-corrected chi connectivity index (χ4v) is 2.39. The lowest BCUT2D eigenvalue weighted by Gasteiger charge is -2.14. The lowest BCUT2D eigenvalue weighted by molar-refractivity contribution is 0.134. The van der Waals surface area contributed by atoms with Crippen molar-refractivity contribution in [3.05, 3.63) is 64.7 Å². The van der Waals surface area contributed by atoms with Crippen LogP contribution >= 0.6 is 0 Å². The smallest absolute Gasteiger partial charge is 0.118 e. The zero-order chi connectivity index (χ0) is 13.2. The summed E-state index contributed by atoms with van der Waals surface area (Å²) in [5, 5.41) is 0. The van der Waals surface area contributed by atoms with Crippen LogP contribution in [0.1, 0.15) is 28.3 Å². The highest BCUT2D eigenvalue weighted by Crippen LogP contribution is 2.27. The summed E-state index contributed by atoms with van der Waals surface area (Å²) in [6.45, 7) is 1.41. The normalized spacial score (nSPS) is 15.1. The highest BCUT2D eigenvalue weighted by atomic mass is 16.5. The maximum Gasteiger partial charge on any atom is 0.118 e. The molecule has 0 bridgehead atoms. The van der Waals surface area contributed by atoms with Crippen LogP contribution in [0.5, 0.6) is 5.75 Å². The van der Waals surface area contributed by atoms with Crippen molar-refractivity contribution in [2.45, 2.75) is 19.3 Å². The van der Waals surface area contributed by atoms with E-state index in [1.54, 1.807) is 7.11 Å². The van der Waals surface area contributed by atoms with E-state index in [1.165, 1.54) is 11.1 Å². The Balaban J connectivity index is 1.88. The number of hydrogen-bond donors (Lipinski definition) is 1. The average molecular weight is 255 g/mol. The molecule has 19 heavy (non-hydrogen) atoms. The predicted octanol–water partition coefficient (Wildman–Crippen LogP) is 2.77. The van der Waals surface area contributed by atoms with Gasteiger partial charge in [-0.25, -0.2) is 0 Å². The number of benzene rings is 2. The maximum absolute atomic E-state index is 6.32. The number of methoxy groups -OCH3 is 1. The Kier molecular flexibility index (Phi) is 3.23. The summed E-state index contributed by atoms with van der Waals surface area (Å²) >= 11 is 0. The first-order valence-electron chi connectivity index (χ1n) is 6.37. The van der Waals surface area contributed by atoms with Gasteiger partial charge in [-0.15, -0.1) is 0 Å². The standard InChI is InChI=1S/C16H17NO2/c1-18-15-6-4-11(5-7-15)16(17)12-2-3-13-9-19-10-14(13)8-12/h2-8,16H,9-10,17H2,1H3. The van der Waals surface area contributed by atoms with Crippen LogP contribution in [0, 0.1) is 0 Å². The van der Waals surface area contributed by atoms with Gasteiger partial charge in [0, 0.05) is 0 Å². The number of rotatable bonds is 3. The van der Waals surface area contributed by atoms with E-state index in [1.807, 2.05) is 24.3 Å². The summed E-state index contributed by atoms with van der Waals surface area (Å²) < 4.78 is 10.6. The van der Waals surface area contributed by atoms with Crippen LogP contribution in [-0.4, -0.2) is 7.11 Å². The molecular weight excluding hydrogens is 238 g/mol. The zero-order valence-electron chi connectivity index (χ0n) is 10.9. The summed E-state index contributed by atoms with van der Waals surface area (Å²) in [5.41, 5.74) is 11.0. The fraction of sp³-hybridized carbons (Fsp3) is 0.250. The van der Waals surface area contributed by atoms with Crippen molar-refractivity contribution in [2.24, 2.45) is 5.73 Å². The molecule has 0 aliphatic carbocycles. The first kappa shape index (κ1) is 12.2. The molecular formula is C16H17NO2. The van der Waals surface area contributed by atoms with Crippen molar-refractivity contribution in [3.8, 4) is 5.75 Å². The Labute approximate surface area is 113 Å². The van der Waals surface area contributed by atoms with Crippen LogP contribution in [0.2, 0.25) is 0 Å². The van der Waals surface area contributed by atoms with Gasteiger partial charge < -0.3 is 15.2 Å². The minimum absolute atomic E-state index is 0.114. The monoisotopic (exact) mass is 255 g/mol. The van der Waals surface area contributed by atoms with Crippen LogP contribution in [0.4, 0.5) is 0 Å². The largest absolute Gasteiger partial charge is 0.497 e. The van der Waals surface area contributed by atoms with E-state index in [-0.39, 0.29) is 6.04 Å². The van der Waals surface area contributed by atoms with Crippen molar-refractivity contribution in [1.29, 1.82) is 0 Å². The SMILES string of the molecule is COc1ccc(C(N)c2ccc3c(c2)COC3)cc1. The molecule has 0 aromatic heterocycles. The van der Waals surface area contributed by atoms with Crippen LogP contribution in [0.25, 0.3) is 0 Å². The van der Waals surface area contributed by atoms with Gasteiger partial charge in [0.05, 0.1) is 26.4 Å². The van der Waals surface area contributed by atoms with E-state index in [0.29, 0.717) is 13.2 Å². The molecule has 1 aliphatic heterocycles. The predicted molar refractivity (Wildman–Crippen MR) is 74.0 cm³/mol. The molecule has 2 N–H and O–H groups in total. The molecule has 1 aliphatic rings. The number of hydrogen-bond acceptors (Lipinski definition) is 3. The van der Waals surface area contributed by atoms with Gasteiger partial charge in [0.1, 0.15) is 5.75 Å². The minimum atomic E-state index is -0.114. The maximum atomic E-state index is 6.32. The second-order valence-electron chi connectivity index (χ2n) is 4.77. The lowest BCUT2D eigenvalue weighted by Crippen LogP contribution is -2.12. The average Bonchev–Trinajstić information content (AvgIpc) is 2.94. The van der Waals surface area contributed by atoms with Crippen LogP contribution in [-0.2, 0) is 18.0 Å². The summed E-state index contributed by atoms with van der Waals surface area (Å²) in [6.07, 6.45) is 0. The van der Waals surface area contributed by atoms with Crippen molar-refractivity contribution in [3.63, 3.8) is 0 Å². The van der Waals surface area contributed by atoms with Gasteiger partial charge in [0.25, 0.3) is 0 Å². The fourth-order valence-electron chi connectivity index (χ4n) is 2.39. The molecule has 0 amide bonds. The molecule has 3 heteroatoms. The van der Waals surface area contributed by atoms with E-state index >= 15 is 0 Å². The van der Waals surface area contributed by atoms with Crippen molar-refractivity contribution in [1.82, 2.24) is 0 Å². The highest BCUT2D eigenvalue weighted by molar-refractivity contribution is 5.39. The Hall–Kier alpha value is -1.84. The van der Waals surface area contributed by atoms with Crippen LogP contribution in [0.3, 0.4) is 0 Å². The van der Waals surface area contributed by atoms with Crippen LogP contribution in [0.15, 0.2) is 42.5 Å². The van der Waals surface area contributed by atoms with Gasteiger partial charge in [0.15, 0.2) is 0 Å². The first-order chi connectivity index (χ1) is 9.28. The number of nitrogens with two attached hydrogens (primary N) is 1. The first-order valence-corrected chi connectivity index (χ1v) is 6.37. The highest BCUT2D eigenvalue weighted by Gasteiger charge is 2.15. The molecule has 0 saturated carbocycles. The topological polar surface area (TPSA) is 44.5 Å². The van der Waals surface area contributed by atoms with Crippen molar-refractivity contribution in [2.75, 3.05) is 7.11 Å². The Bertz CT molecular complexity index is 578. The molecule has 1 atom stereocenters. The molecule has 3 rings (SSSR count). The number of fused-ring (bicyclic) bond motifs is 1. The van der Waals surface area contributed by atoms with Gasteiger partial charge in [-0.2, -0.15) is 0 Å². The quantitative estimate of drug-likeness (QED) is 0.917. The molecule has 1 heterocycles. The second-order valence-corrected chi connectivity index (χ2v) is 4.77. The zero-order valence-corrected chi connectivity index (χ0v) is 10.9. The Morgan fingerprint density at radius 2 is 1.68 bits per heavy atom. The van der Waals surface area contributed by atoms with Gasteiger partial charge >= 0.3 is 0 Å². The van der Waals surface area contributed by atoms with E-state index in [4.69, 9.17) is 15.2 Å². The second kappa shape index (κ2) is 5.03. The summed E-state index contributed by atoms with van der Waals surface area (Å²) in [5.74, 6) is 0.846. The molecule has 0 saturated heterocycles. The molecule has 2 aromatic rings. The lowest BCUT2D eigenvalue weighted by atomic mass is 9.96. The van der Waals surface area contributed by atoms with Crippen LogP contribution < -0.4 is 10.5 Å². The molecule has 0 fully saturated rings. The number of ether oxygens (including phenoxy) is 2. The van der Waals surface area contributed by atoms with Crippen molar-refractivity contribution < 1.29 is 9.47 Å².